The van der Waals surface area contributed by atoms with E-state index in [4.69, 9.17) is 0 Å². The Morgan fingerprint density at radius 3 is 2.31 bits per heavy atom. The number of alkyl halides is 3. The van der Waals surface area contributed by atoms with Gasteiger partial charge in [0.25, 0.3) is 0 Å². The summed E-state index contributed by atoms with van der Waals surface area (Å²) in [5.74, 6) is -0.144. The van der Waals surface area contributed by atoms with Crippen LogP contribution in [0.15, 0.2) is 24.3 Å². The predicted molar refractivity (Wildman–Crippen MR) is 103 cm³/mol. The molecule has 2 saturated heterocycles. The van der Waals surface area contributed by atoms with E-state index in [2.05, 4.69) is 24.7 Å². The molecule has 0 saturated carbocycles. The third-order valence-electron chi connectivity index (χ3n) is 6.16. The number of nitrogens with one attached hydrogen (secondary N) is 2. The van der Waals surface area contributed by atoms with Crippen molar-refractivity contribution < 1.29 is 22.8 Å². The molecular weight excluding hydrogens is 383 g/mol. The van der Waals surface area contributed by atoms with Crippen LogP contribution in [0.25, 0.3) is 0 Å². The van der Waals surface area contributed by atoms with Gasteiger partial charge in [0.15, 0.2) is 5.78 Å². The summed E-state index contributed by atoms with van der Waals surface area (Å²) >= 11 is 0. The lowest BCUT2D eigenvalue weighted by molar-refractivity contribution is -0.137. The highest BCUT2D eigenvalue weighted by Gasteiger charge is 2.33. The van der Waals surface area contributed by atoms with Gasteiger partial charge in [0.2, 0.25) is 5.91 Å². The number of hydrazine groups is 1. The van der Waals surface area contributed by atoms with Crippen molar-refractivity contribution in [2.45, 2.75) is 57.8 Å². The summed E-state index contributed by atoms with van der Waals surface area (Å²) in [6.07, 6.45) is -1.84. The number of benzene rings is 1. The van der Waals surface area contributed by atoms with Crippen LogP contribution in [-0.2, 0) is 11.0 Å². The Balaban J connectivity index is 1.56. The second-order valence-corrected chi connectivity index (χ2v) is 8.19. The smallest absolute Gasteiger partial charge is 0.342 e. The van der Waals surface area contributed by atoms with Crippen molar-refractivity contribution in [2.24, 2.45) is 11.8 Å². The largest absolute Gasteiger partial charge is 0.416 e. The molecule has 0 aliphatic carbocycles. The van der Waals surface area contributed by atoms with Gasteiger partial charge in [-0.2, -0.15) is 13.2 Å². The van der Waals surface area contributed by atoms with Gasteiger partial charge in [0.05, 0.1) is 5.56 Å². The molecule has 3 unspecified atom stereocenters. The van der Waals surface area contributed by atoms with Crippen LogP contribution in [0.4, 0.5) is 13.2 Å². The molecule has 29 heavy (non-hydrogen) atoms. The van der Waals surface area contributed by atoms with Gasteiger partial charge in [-0.15, -0.1) is 0 Å². The van der Waals surface area contributed by atoms with Gasteiger partial charge in [-0.05, 0) is 51.2 Å². The van der Waals surface area contributed by atoms with Gasteiger partial charge in [-0.25, -0.2) is 0 Å². The third-order valence-corrected chi connectivity index (χ3v) is 6.16. The maximum absolute atomic E-state index is 12.7. The standard InChI is InChI=1S/C21H28F3N3O2/c1-13-18(14(2)26-25-13)9-10-19(28)27-11-3-4-16(12-27)20(29)15-5-7-17(8-6-15)21(22,23)24/h5-8,13-14,16,18,25-26H,3-4,9-12H2,1-2H3. The van der Waals surface area contributed by atoms with E-state index in [1.54, 1.807) is 4.90 Å². The van der Waals surface area contributed by atoms with Crippen LogP contribution in [0.3, 0.4) is 0 Å². The SMILES string of the molecule is CC1NNC(C)C1CCC(=O)N1CCCC(C(=O)c2ccc(C(F)(F)F)cc2)C1. The molecule has 0 bridgehead atoms. The highest BCUT2D eigenvalue weighted by Crippen LogP contribution is 2.30. The monoisotopic (exact) mass is 411 g/mol. The van der Waals surface area contributed by atoms with Crippen molar-refractivity contribution in [1.29, 1.82) is 0 Å². The first kappa shape index (κ1) is 21.8. The molecule has 3 rings (SSSR count). The van der Waals surface area contributed by atoms with E-state index in [0.29, 0.717) is 43.9 Å². The minimum Gasteiger partial charge on any atom is -0.342 e. The normalized spacial score (nSPS) is 27.8. The number of ketones is 1. The molecule has 0 aromatic heterocycles. The molecule has 160 valence electrons. The molecule has 2 heterocycles. The third kappa shape index (κ3) is 5.17. The first-order valence-corrected chi connectivity index (χ1v) is 10.2. The number of carbonyl (C=O) groups excluding carboxylic acids is 2. The molecule has 2 fully saturated rings. The van der Waals surface area contributed by atoms with Crippen LogP contribution < -0.4 is 10.9 Å². The summed E-state index contributed by atoms with van der Waals surface area (Å²) in [6, 6.07) is 4.93. The summed E-state index contributed by atoms with van der Waals surface area (Å²) < 4.78 is 38.1. The Bertz CT molecular complexity index is 726. The van der Waals surface area contributed by atoms with Crippen molar-refractivity contribution in [2.75, 3.05) is 13.1 Å². The highest BCUT2D eigenvalue weighted by atomic mass is 19.4. The maximum Gasteiger partial charge on any atom is 0.416 e. The van der Waals surface area contributed by atoms with Crippen molar-refractivity contribution in [3.05, 3.63) is 35.4 Å². The topological polar surface area (TPSA) is 61.4 Å². The molecule has 0 radical (unpaired) electrons. The average Bonchev–Trinajstić information content (AvgIpc) is 3.02. The Morgan fingerprint density at radius 2 is 1.72 bits per heavy atom. The number of hydrogen-bond acceptors (Lipinski definition) is 4. The molecule has 1 aromatic carbocycles. The van der Waals surface area contributed by atoms with Gasteiger partial charge >= 0.3 is 6.18 Å². The molecule has 1 amide bonds. The van der Waals surface area contributed by atoms with Crippen LogP contribution in [0.1, 0.15) is 55.5 Å². The quantitative estimate of drug-likeness (QED) is 0.729. The molecule has 0 spiro atoms. The Labute approximate surface area is 169 Å². The van der Waals surface area contributed by atoms with E-state index in [0.717, 1.165) is 25.0 Å². The fourth-order valence-electron chi connectivity index (χ4n) is 4.34. The predicted octanol–water partition coefficient (Wildman–Crippen LogP) is 3.41. The van der Waals surface area contributed by atoms with Crippen molar-refractivity contribution in [3.63, 3.8) is 0 Å². The summed E-state index contributed by atoms with van der Waals surface area (Å²) in [4.78, 5) is 27.2. The second kappa shape index (κ2) is 8.83. The molecule has 2 aliphatic rings. The minimum atomic E-state index is -4.42. The maximum atomic E-state index is 12.7. The van der Waals surface area contributed by atoms with E-state index in [1.165, 1.54) is 12.1 Å². The fourth-order valence-corrected chi connectivity index (χ4v) is 4.34. The van der Waals surface area contributed by atoms with E-state index in [9.17, 15) is 22.8 Å². The van der Waals surface area contributed by atoms with Crippen LogP contribution >= 0.6 is 0 Å². The summed E-state index contributed by atoms with van der Waals surface area (Å²) in [7, 11) is 0. The fraction of sp³-hybridized carbons (Fsp3) is 0.619. The molecule has 8 heteroatoms. The summed E-state index contributed by atoms with van der Waals surface area (Å²) in [6.45, 7) is 5.14. The number of halogens is 3. The number of Topliss-reactive ketones (excluding diaryl/α,β-unsaturated/α-hetero) is 1. The van der Waals surface area contributed by atoms with Crippen molar-refractivity contribution >= 4 is 11.7 Å². The minimum absolute atomic E-state index is 0.0428. The highest BCUT2D eigenvalue weighted by molar-refractivity contribution is 5.98. The molecule has 2 aliphatic heterocycles. The number of nitrogens with zero attached hydrogens (tertiary/aromatic N) is 1. The number of hydrogen-bond donors (Lipinski definition) is 2. The second-order valence-electron chi connectivity index (χ2n) is 8.19. The summed E-state index contributed by atoms with van der Waals surface area (Å²) in [5.41, 5.74) is 5.87. The Hall–Kier alpha value is -1.93. The Kier molecular flexibility index (Phi) is 6.63. The van der Waals surface area contributed by atoms with Gasteiger partial charge in [-0.1, -0.05) is 12.1 Å². The lowest BCUT2D eigenvalue weighted by Gasteiger charge is -2.32. The van der Waals surface area contributed by atoms with Crippen LogP contribution in [0, 0.1) is 11.8 Å². The lowest BCUT2D eigenvalue weighted by Crippen LogP contribution is -2.42. The first-order chi connectivity index (χ1) is 13.7. The van der Waals surface area contributed by atoms with Crippen LogP contribution in [-0.4, -0.2) is 41.8 Å². The molecule has 1 aromatic rings. The van der Waals surface area contributed by atoms with Gasteiger partial charge in [0, 0.05) is 43.1 Å². The molecule has 5 nitrogen and oxygen atoms in total. The van der Waals surface area contributed by atoms with Gasteiger partial charge < -0.3 is 4.90 Å². The van der Waals surface area contributed by atoms with Gasteiger partial charge in [0.1, 0.15) is 0 Å². The molecular formula is C21H28F3N3O2. The number of carbonyl (C=O) groups is 2. The number of amides is 1. The number of piperidine rings is 1. The van der Waals surface area contributed by atoms with Crippen molar-refractivity contribution in [1.82, 2.24) is 15.8 Å². The van der Waals surface area contributed by atoms with Crippen LogP contribution in [0.2, 0.25) is 0 Å². The molecule has 3 atom stereocenters. The van der Waals surface area contributed by atoms with E-state index in [1.807, 2.05) is 0 Å². The zero-order chi connectivity index (χ0) is 21.2. The average molecular weight is 411 g/mol. The molecule has 2 N–H and O–H groups in total. The zero-order valence-electron chi connectivity index (χ0n) is 16.8. The van der Waals surface area contributed by atoms with Gasteiger partial charge in [-0.3, -0.25) is 20.4 Å². The van der Waals surface area contributed by atoms with E-state index < -0.39 is 11.7 Å². The number of likely N-dealkylation sites (tertiary alicyclic amines) is 1. The lowest BCUT2D eigenvalue weighted by atomic mass is 9.88. The Morgan fingerprint density at radius 1 is 1.10 bits per heavy atom. The zero-order valence-corrected chi connectivity index (χ0v) is 16.8. The van der Waals surface area contributed by atoms with Crippen molar-refractivity contribution in [3.8, 4) is 0 Å². The van der Waals surface area contributed by atoms with E-state index >= 15 is 0 Å². The summed E-state index contributed by atoms with van der Waals surface area (Å²) in [5, 5.41) is 0. The first-order valence-electron chi connectivity index (χ1n) is 10.2. The van der Waals surface area contributed by atoms with Crippen LogP contribution in [0.5, 0.6) is 0 Å². The van der Waals surface area contributed by atoms with E-state index in [-0.39, 0.29) is 23.2 Å². The number of rotatable bonds is 5.